The Hall–Kier alpha value is -2.70. The second-order valence-corrected chi connectivity index (χ2v) is 8.46. The molecule has 1 aliphatic carbocycles. The van der Waals surface area contributed by atoms with Crippen LogP contribution in [0.1, 0.15) is 58.9 Å². The predicted molar refractivity (Wildman–Crippen MR) is 117 cm³/mol. The van der Waals surface area contributed by atoms with Crippen LogP contribution in [-0.2, 0) is 16.1 Å². The molecular weight excluding hydrogens is 405 g/mol. The van der Waals surface area contributed by atoms with E-state index in [0.29, 0.717) is 18.5 Å². The van der Waals surface area contributed by atoms with Crippen LogP contribution in [-0.4, -0.2) is 18.1 Å². The Morgan fingerprint density at radius 1 is 1.19 bits per heavy atom. The Kier molecular flexibility index (Phi) is 8.36. The first kappa shape index (κ1) is 24.6. The molecule has 0 aromatic heterocycles. The fourth-order valence-corrected chi connectivity index (χ4v) is 2.97. The van der Waals surface area contributed by atoms with E-state index < -0.39 is 11.7 Å². The van der Waals surface area contributed by atoms with Crippen LogP contribution in [0.2, 0.25) is 0 Å². The molecule has 31 heavy (non-hydrogen) atoms. The smallest absolute Gasteiger partial charge is 0.416 e. The Labute approximate surface area is 182 Å². The summed E-state index contributed by atoms with van der Waals surface area (Å²) in [6.45, 7) is 8.09. The molecule has 1 aromatic carbocycles. The van der Waals surface area contributed by atoms with Crippen molar-refractivity contribution in [3.05, 3.63) is 64.7 Å². The van der Waals surface area contributed by atoms with Gasteiger partial charge in [-0.05, 0) is 75.8 Å². The molecule has 0 amide bonds. The molecule has 170 valence electrons. The summed E-state index contributed by atoms with van der Waals surface area (Å²) in [7, 11) is 0. The highest BCUT2D eigenvalue weighted by Gasteiger charge is 2.32. The van der Waals surface area contributed by atoms with Crippen LogP contribution < -0.4 is 10.6 Å². The normalized spacial score (nSPS) is 15.3. The summed E-state index contributed by atoms with van der Waals surface area (Å²) in [5.41, 5.74) is 1.38. The third-order valence-electron chi connectivity index (χ3n) is 4.54. The molecule has 0 radical (unpaired) electrons. The zero-order valence-corrected chi connectivity index (χ0v) is 18.5. The lowest BCUT2D eigenvalue weighted by molar-refractivity contribution is -0.104. The van der Waals surface area contributed by atoms with Crippen LogP contribution in [0.15, 0.2) is 59.1 Å². The molecule has 0 saturated heterocycles. The van der Waals surface area contributed by atoms with E-state index in [1.807, 2.05) is 26.8 Å². The van der Waals surface area contributed by atoms with Crippen molar-refractivity contribution in [2.75, 3.05) is 5.32 Å². The Balaban J connectivity index is 2.13. The third-order valence-corrected chi connectivity index (χ3v) is 4.54. The Morgan fingerprint density at radius 2 is 1.90 bits per heavy atom. The highest BCUT2D eigenvalue weighted by Crippen LogP contribution is 2.30. The van der Waals surface area contributed by atoms with E-state index in [4.69, 9.17) is 4.74 Å². The number of anilines is 1. The van der Waals surface area contributed by atoms with Gasteiger partial charge in [-0.2, -0.15) is 13.2 Å². The lowest BCUT2D eigenvalue weighted by Crippen LogP contribution is -2.28. The molecule has 0 spiro atoms. The highest BCUT2D eigenvalue weighted by molar-refractivity contribution is 5.80. The minimum absolute atomic E-state index is 0.157. The van der Waals surface area contributed by atoms with E-state index in [1.165, 1.54) is 5.57 Å². The molecule has 1 fully saturated rings. The van der Waals surface area contributed by atoms with Crippen molar-refractivity contribution in [2.45, 2.75) is 71.7 Å². The standard InChI is InChI=1S/C24H31F3N2O2/c1-5-8-19(24(25,26)27)14-21(16-30)29-20-12-6-9-17(13-20)15-28-22(18-10-7-11-18)31-23(2,3)4/h6,8-9,12-14,16,28-29H,5,7,10-11,15H2,1-4H3/b19-8-,21-14-. The first-order valence-electron chi connectivity index (χ1n) is 10.5. The summed E-state index contributed by atoms with van der Waals surface area (Å²) in [4.78, 5) is 11.4. The Bertz CT molecular complexity index is 856. The van der Waals surface area contributed by atoms with Crippen LogP contribution >= 0.6 is 0 Å². The maximum absolute atomic E-state index is 13.1. The molecule has 0 heterocycles. The summed E-state index contributed by atoms with van der Waals surface area (Å²) >= 11 is 0. The fourth-order valence-electron chi connectivity index (χ4n) is 2.97. The van der Waals surface area contributed by atoms with E-state index in [-0.39, 0.29) is 17.7 Å². The molecule has 1 saturated carbocycles. The summed E-state index contributed by atoms with van der Waals surface area (Å²) in [5, 5.41) is 6.13. The third kappa shape index (κ3) is 8.15. The van der Waals surface area contributed by atoms with E-state index in [1.54, 1.807) is 25.1 Å². The minimum Gasteiger partial charge on any atom is -0.474 e. The van der Waals surface area contributed by atoms with Crippen LogP contribution in [0, 0.1) is 0 Å². The van der Waals surface area contributed by atoms with Gasteiger partial charge in [0.05, 0.1) is 11.3 Å². The maximum atomic E-state index is 13.1. The monoisotopic (exact) mass is 436 g/mol. The number of alkyl halides is 3. The molecule has 0 aliphatic heterocycles. The van der Waals surface area contributed by atoms with Crippen molar-refractivity contribution >= 4 is 12.0 Å². The lowest BCUT2D eigenvalue weighted by Gasteiger charge is -2.29. The van der Waals surface area contributed by atoms with Crippen molar-refractivity contribution < 1.29 is 22.7 Å². The van der Waals surface area contributed by atoms with Gasteiger partial charge in [0.2, 0.25) is 0 Å². The van der Waals surface area contributed by atoms with Gasteiger partial charge in [-0.15, -0.1) is 0 Å². The predicted octanol–water partition coefficient (Wildman–Crippen LogP) is 6.38. The van der Waals surface area contributed by atoms with Gasteiger partial charge in [-0.25, -0.2) is 0 Å². The van der Waals surface area contributed by atoms with E-state index >= 15 is 0 Å². The molecule has 1 aromatic rings. The summed E-state index contributed by atoms with van der Waals surface area (Å²) in [6, 6.07) is 7.19. The fraction of sp³-hybridized carbons (Fsp3) is 0.458. The number of rotatable bonds is 9. The molecule has 4 nitrogen and oxygen atoms in total. The van der Waals surface area contributed by atoms with Crippen LogP contribution in [0.3, 0.4) is 0 Å². The number of carbonyl (C=O) groups is 1. The number of halogens is 3. The van der Waals surface area contributed by atoms with Crippen LogP contribution in [0.25, 0.3) is 0 Å². The van der Waals surface area contributed by atoms with Gasteiger partial charge in [0.1, 0.15) is 5.60 Å². The highest BCUT2D eigenvalue weighted by atomic mass is 19.4. The number of aldehydes is 1. The van der Waals surface area contributed by atoms with Crippen molar-refractivity contribution in [3.8, 4) is 0 Å². The number of hydrogen-bond acceptors (Lipinski definition) is 4. The number of benzene rings is 1. The van der Waals surface area contributed by atoms with E-state index in [2.05, 4.69) is 10.6 Å². The minimum atomic E-state index is -4.52. The zero-order chi connectivity index (χ0) is 23.1. The lowest BCUT2D eigenvalue weighted by atomic mass is 9.92. The number of ether oxygens (including phenoxy) is 1. The number of nitrogens with one attached hydrogen (secondary N) is 2. The zero-order valence-electron chi connectivity index (χ0n) is 18.5. The SMILES string of the molecule is CC/C=C(/C=C(/C=O)Nc1cccc(CNC(OC(C)(C)C)=C2CCC2)c1)C(F)(F)F. The van der Waals surface area contributed by atoms with Crippen LogP contribution in [0.4, 0.5) is 18.9 Å². The van der Waals surface area contributed by atoms with Crippen LogP contribution in [0.5, 0.6) is 0 Å². The first-order chi connectivity index (χ1) is 14.5. The van der Waals surface area contributed by atoms with Gasteiger partial charge in [0.15, 0.2) is 12.2 Å². The van der Waals surface area contributed by atoms with Gasteiger partial charge in [-0.3, -0.25) is 4.79 Å². The van der Waals surface area contributed by atoms with Crippen molar-refractivity contribution in [1.29, 1.82) is 0 Å². The second-order valence-electron chi connectivity index (χ2n) is 8.46. The van der Waals surface area contributed by atoms with Gasteiger partial charge >= 0.3 is 6.18 Å². The van der Waals surface area contributed by atoms with Gasteiger partial charge < -0.3 is 15.4 Å². The Morgan fingerprint density at radius 3 is 2.42 bits per heavy atom. The molecular formula is C24H31F3N2O2. The summed E-state index contributed by atoms with van der Waals surface area (Å²) < 4.78 is 45.4. The average Bonchev–Trinajstić information content (AvgIpc) is 2.62. The van der Waals surface area contributed by atoms with Crippen molar-refractivity contribution in [1.82, 2.24) is 5.32 Å². The molecule has 0 atom stereocenters. The molecule has 2 rings (SSSR count). The summed E-state index contributed by atoms with van der Waals surface area (Å²) in [6.07, 6.45) is 1.15. The van der Waals surface area contributed by atoms with Crippen molar-refractivity contribution in [2.24, 2.45) is 0 Å². The number of allylic oxidation sites excluding steroid dienone is 5. The maximum Gasteiger partial charge on any atom is 0.416 e. The molecule has 2 N–H and O–H groups in total. The molecule has 0 bridgehead atoms. The van der Waals surface area contributed by atoms with E-state index in [0.717, 1.165) is 42.9 Å². The average molecular weight is 437 g/mol. The van der Waals surface area contributed by atoms with E-state index in [9.17, 15) is 18.0 Å². The quantitative estimate of drug-likeness (QED) is 0.204. The second kappa shape index (κ2) is 10.6. The van der Waals surface area contributed by atoms with Gasteiger partial charge in [0, 0.05) is 12.2 Å². The summed E-state index contributed by atoms with van der Waals surface area (Å²) in [5.74, 6) is 0.796. The van der Waals surface area contributed by atoms with Gasteiger partial charge in [0.25, 0.3) is 0 Å². The molecule has 1 aliphatic rings. The number of carbonyl (C=O) groups excluding carboxylic acids is 1. The van der Waals surface area contributed by atoms with Crippen molar-refractivity contribution in [3.63, 3.8) is 0 Å². The number of hydrogen-bond donors (Lipinski definition) is 2. The topological polar surface area (TPSA) is 50.4 Å². The largest absolute Gasteiger partial charge is 0.474 e. The molecule has 0 unspecified atom stereocenters. The molecule has 7 heteroatoms. The first-order valence-corrected chi connectivity index (χ1v) is 10.5. The van der Waals surface area contributed by atoms with Gasteiger partial charge in [-0.1, -0.05) is 25.1 Å².